The second-order valence-corrected chi connectivity index (χ2v) is 7.41. The van der Waals surface area contributed by atoms with Gasteiger partial charge in [-0.3, -0.25) is 0 Å². The zero-order chi connectivity index (χ0) is 14.5. The van der Waals surface area contributed by atoms with E-state index in [2.05, 4.69) is 43.1 Å². The van der Waals surface area contributed by atoms with Crippen LogP contribution in [0.15, 0.2) is 12.1 Å². The minimum atomic E-state index is 0.108. The van der Waals surface area contributed by atoms with Gasteiger partial charge in [-0.05, 0) is 37.8 Å². The summed E-state index contributed by atoms with van der Waals surface area (Å²) in [5.41, 5.74) is 0. The van der Waals surface area contributed by atoms with Crippen LogP contribution in [0.25, 0.3) is 0 Å². The summed E-state index contributed by atoms with van der Waals surface area (Å²) in [5.74, 6) is 0.494. The van der Waals surface area contributed by atoms with Crippen LogP contribution in [-0.2, 0) is 0 Å². The van der Waals surface area contributed by atoms with E-state index in [1.807, 2.05) is 11.3 Å². The van der Waals surface area contributed by atoms with E-state index >= 15 is 0 Å². The number of urea groups is 1. The number of rotatable bonds is 3. The Morgan fingerprint density at radius 2 is 2.20 bits per heavy atom. The van der Waals surface area contributed by atoms with Crippen molar-refractivity contribution >= 4 is 17.4 Å². The number of thiophene rings is 1. The van der Waals surface area contributed by atoms with E-state index in [9.17, 15) is 4.79 Å². The number of nitrogens with zero attached hydrogens (tertiary/aromatic N) is 1. The van der Waals surface area contributed by atoms with E-state index in [4.69, 9.17) is 0 Å². The van der Waals surface area contributed by atoms with Gasteiger partial charge in [-0.15, -0.1) is 11.3 Å². The largest absolute Gasteiger partial charge is 0.338 e. The fraction of sp³-hybridized carbons (Fsp3) is 0.688. The Hall–Kier alpha value is -1.03. The van der Waals surface area contributed by atoms with Crippen molar-refractivity contribution in [3.63, 3.8) is 0 Å². The molecule has 0 saturated carbocycles. The maximum atomic E-state index is 12.5. The maximum absolute atomic E-state index is 12.5. The molecule has 0 aromatic carbocycles. The summed E-state index contributed by atoms with van der Waals surface area (Å²) in [7, 11) is 0. The van der Waals surface area contributed by atoms with Crippen molar-refractivity contribution in [1.82, 2.24) is 10.2 Å². The molecule has 1 aliphatic heterocycles. The zero-order valence-corrected chi connectivity index (χ0v) is 13.6. The Morgan fingerprint density at radius 1 is 1.40 bits per heavy atom. The van der Waals surface area contributed by atoms with E-state index in [1.165, 1.54) is 22.6 Å². The molecule has 1 N–H and O–H groups in total. The van der Waals surface area contributed by atoms with Crippen molar-refractivity contribution in [1.29, 1.82) is 0 Å². The molecule has 1 fully saturated rings. The fourth-order valence-electron chi connectivity index (χ4n) is 2.67. The number of aryl methyl sites for hydroxylation is 1. The molecule has 1 aliphatic rings. The molecule has 2 amide bonds. The number of carbonyl (C=O) groups excluding carboxylic acids is 1. The van der Waals surface area contributed by atoms with Gasteiger partial charge in [-0.25, -0.2) is 4.79 Å². The summed E-state index contributed by atoms with van der Waals surface area (Å²) in [6.45, 7) is 8.02. The standard InChI is InChI=1S/C16H26N2OS/c1-12(2)11-17-16(19)18-10-6-4-5-7-14(18)15-9-8-13(3)20-15/h8-9,12,14H,4-7,10-11H2,1-3H3,(H,17,19)/t14-/m1/s1. The van der Waals surface area contributed by atoms with E-state index < -0.39 is 0 Å². The van der Waals surface area contributed by atoms with Crippen molar-refractivity contribution < 1.29 is 4.79 Å². The third kappa shape index (κ3) is 3.98. The van der Waals surface area contributed by atoms with Gasteiger partial charge in [-0.2, -0.15) is 0 Å². The van der Waals surface area contributed by atoms with Crippen LogP contribution in [0.3, 0.4) is 0 Å². The summed E-state index contributed by atoms with van der Waals surface area (Å²) in [6.07, 6.45) is 4.66. The van der Waals surface area contributed by atoms with Gasteiger partial charge >= 0.3 is 6.03 Å². The Kier molecular flexibility index (Phi) is 5.46. The number of hydrogen-bond acceptors (Lipinski definition) is 2. The van der Waals surface area contributed by atoms with Crippen LogP contribution in [0.4, 0.5) is 4.79 Å². The van der Waals surface area contributed by atoms with E-state index in [-0.39, 0.29) is 12.1 Å². The molecule has 1 atom stereocenters. The first-order valence-electron chi connectivity index (χ1n) is 7.68. The quantitative estimate of drug-likeness (QED) is 0.883. The Labute approximate surface area is 126 Å². The summed E-state index contributed by atoms with van der Waals surface area (Å²) in [4.78, 5) is 17.2. The topological polar surface area (TPSA) is 32.3 Å². The average Bonchev–Trinajstić information content (AvgIpc) is 2.69. The second-order valence-electron chi connectivity index (χ2n) is 6.09. The molecule has 112 valence electrons. The fourth-order valence-corrected chi connectivity index (χ4v) is 3.70. The highest BCUT2D eigenvalue weighted by Crippen LogP contribution is 2.34. The number of hydrogen-bond donors (Lipinski definition) is 1. The van der Waals surface area contributed by atoms with Crippen LogP contribution in [0.5, 0.6) is 0 Å². The van der Waals surface area contributed by atoms with Gasteiger partial charge < -0.3 is 10.2 Å². The Bertz CT molecular complexity index is 441. The number of nitrogens with one attached hydrogen (secondary N) is 1. The van der Waals surface area contributed by atoms with Gasteiger partial charge in [0.1, 0.15) is 0 Å². The molecular weight excluding hydrogens is 268 g/mol. The zero-order valence-electron chi connectivity index (χ0n) is 12.8. The van der Waals surface area contributed by atoms with Gasteiger partial charge in [0.2, 0.25) is 0 Å². The SMILES string of the molecule is Cc1ccc([C@H]2CCCCCN2C(=O)NCC(C)C)s1. The first-order valence-corrected chi connectivity index (χ1v) is 8.50. The summed E-state index contributed by atoms with van der Waals surface area (Å²) in [5, 5.41) is 3.08. The average molecular weight is 294 g/mol. The molecule has 0 radical (unpaired) electrons. The van der Waals surface area contributed by atoms with Crippen LogP contribution < -0.4 is 5.32 Å². The van der Waals surface area contributed by atoms with E-state index in [0.717, 1.165) is 25.9 Å². The third-order valence-electron chi connectivity index (χ3n) is 3.76. The molecule has 0 bridgehead atoms. The maximum Gasteiger partial charge on any atom is 0.317 e. The minimum Gasteiger partial charge on any atom is -0.338 e. The highest BCUT2D eigenvalue weighted by atomic mass is 32.1. The van der Waals surface area contributed by atoms with Crippen molar-refractivity contribution in [3.05, 3.63) is 21.9 Å². The van der Waals surface area contributed by atoms with Crippen LogP contribution in [0.1, 0.15) is 55.3 Å². The molecular formula is C16H26N2OS. The Balaban J connectivity index is 2.10. The lowest BCUT2D eigenvalue weighted by atomic mass is 10.1. The molecule has 4 heteroatoms. The number of likely N-dealkylation sites (tertiary alicyclic amines) is 1. The lowest BCUT2D eigenvalue weighted by Gasteiger charge is -2.30. The summed E-state index contributed by atoms with van der Waals surface area (Å²) in [6, 6.07) is 4.73. The van der Waals surface area contributed by atoms with Gasteiger partial charge in [0.15, 0.2) is 0 Å². The molecule has 2 rings (SSSR count). The predicted molar refractivity (Wildman–Crippen MR) is 85.2 cm³/mol. The first-order chi connectivity index (χ1) is 9.58. The number of amides is 2. The van der Waals surface area contributed by atoms with Crippen LogP contribution in [0.2, 0.25) is 0 Å². The molecule has 20 heavy (non-hydrogen) atoms. The lowest BCUT2D eigenvalue weighted by Crippen LogP contribution is -2.43. The molecule has 0 spiro atoms. The predicted octanol–water partition coefficient (Wildman–Crippen LogP) is 4.34. The summed E-state index contributed by atoms with van der Waals surface area (Å²) >= 11 is 1.83. The first kappa shape index (κ1) is 15.4. The van der Waals surface area contributed by atoms with E-state index in [0.29, 0.717) is 5.92 Å². The highest BCUT2D eigenvalue weighted by molar-refractivity contribution is 7.12. The molecule has 1 aromatic heterocycles. The normalized spacial score (nSPS) is 20.0. The monoisotopic (exact) mass is 294 g/mol. The molecule has 1 aromatic rings. The smallest absolute Gasteiger partial charge is 0.317 e. The van der Waals surface area contributed by atoms with Crippen molar-refractivity contribution in [2.45, 2.75) is 52.5 Å². The highest BCUT2D eigenvalue weighted by Gasteiger charge is 2.27. The van der Waals surface area contributed by atoms with Crippen LogP contribution in [0, 0.1) is 12.8 Å². The van der Waals surface area contributed by atoms with Gasteiger partial charge in [-0.1, -0.05) is 26.7 Å². The van der Waals surface area contributed by atoms with Crippen molar-refractivity contribution in [3.8, 4) is 0 Å². The van der Waals surface area contributed by atoms with Crippen molar-refractivity contribution in [2.75, 3.05) is 13.1 Å². The third-order valence-corrected chi connectivity index (χ3v) is 4.87. The molecule has 0 aliphatic carbocycles. The van der Waals surface area contributed by atoms with Gasteiger partial charge in [0.05, 0.1) is 6.04 Å². The van der Waals surface area contributed by atoms with Crippen LogP contribution >= 0.6 is 11.3 Å². The van der Waals surface area contributed by atoms with Gasteiger partial charge in [0.25, 0.3) is 0 Å². The summed E-state index contributed by atoms with van der Waals surface area (Å²) < 4.78 is 0. The van der Waals surface area contributed by atoms with Crippen molar-refractivity contribution in [2.24, 2.45) is 5.92 Å². The molecule has 0 unspecified atom stereocenters. The lowest BCUT2D eigenvalue weighted by molar-refractivity contribution is 0.175. The second kappa shape index (κ2) is 7.11. The Morgan fingerprint density at radius 3 is 2.85 bits per heavy atom. The molecule has 3 nitrogen and oxygen atoms in total. The van der Waals surface area contributed by atoms with E-state index in [1.54, 1.807) is 0 Å². The minimum absolute atomic E-state index is 0.108. The van der Waals surface area contributed by atoms with Gasteiger partial charge in [0, 0.05) is 22.8 Å². The molecule has 2 heterocycles. The molecule has 1 saturated heterocycles. The van der Waals surface area contributed by atoms with Crippen LogP contribution in [-0.4, -0.2) is 24.0 Å². The number of carbonyl (C=O) groups is 1.